The van der Waals surface area contributed by atoms with Gasteiger partial charge in [-0.3, -0.25) is 14.9 Å². The number of furan rings is 1. The molecule has 1 heterocycles. The van der Waals surface area contributed by atoms with Gasteiger partial charge < -0.3 is 14.8 Å². The molecule has 0 radical (unpaired) electrons. The van der Waals surface area contributed by atoms with Crippen LogP contribution in [0.2, 0.25) is 0 Å². The summed E-state index contributed by atoms with van der Waals surface area (Å²) in [6.45, 7) is 3.15. The van der Waals surface area contributed by atoms with Crippen LogP contribution in [0.25, 0.3) is 0 Å². The number of amides is 1. The highest BCUT2D eigenvalue weighted by molar-refractivity contribution is 5.95. The first kappa shape index (κ1) is 14.7. The average Bonchev–Trinajstić information content (AvgIpc) is 2.78. The van der Waals surface area contributed by atoms with Crippen LogP contribution >= 0.6 is 0 Å². The molecule has 0 saturated heterocycles. The van der Waals surface area contributed by atoms with E-state index in [-0.39, 0.29) is 12.2 Å². The molecule has 0 aliphatic carbocycles. The van der Waals surface area contributed by atoms with Gasteiger partial charge in [0.25, 0.3) is 5.91 Å². The molecule has 8 nitrogen and oxygen atoms in total. The topological polar surface area (TPSA) is 123 Å². The third-order valence-corrected chi connectivity index (χ3v) is 2.61. The van der Waals surface area contributed by atoms with Gasteiger partial charge in [0.05, 0.1) is 6.07 Å². The van der Waals surface area contributed by atoms with Gasteiger partial charge in [0.1, 0.15) is 10.5 Å². The predicted octanol–water partition coefficient (Wildman–Crippen LogP) is 1.56. The van der Waals surface area contributed by atoms with Gasteiger partial charge in [-0.05, 0) is 19.4 Å². The molecule has 0 aromatic carbocycles. The summed E-state index contributed by atoms with van der Waals surface area (Å²) in [5.74, 6) is -2.84. The Bertz CT molecular complexity index is 509. The summed E-state index contributed by atoms with van der Waals surface area (Å²) < 4.78 is 4.71. The summed E-state index contributed by atoms with van der Waals surface area (Å²) in [4.78, 5) is 32.6. The van der Waals surface area contributed by atoms with Crippen LogP contribution in [0.15, 0.2) is 16.5 Å². The Morgan fingerprint density at radius 3 is 2.58 bits per heavy atom. The van der Waals surface area contributed by atoms with E-state index in [0.29, 0.717) is 6.42 Å². The van der Waals surface area contributed by atoms with Crippen molar-refractivity contribution < 1.29 is 24.0 Å². The molecular formula is C11H14N2O6. The van der Waals surface area contributed by atoms with Crippen molar-refractivity contribution in [1.29, 1.82) is 0 Å². The minimum Gasteiger partial charge on any atom is -0.480 e. The van der Waals surface area contributed by atoms with Crippen molar-refractivity contribution in [3.63, 3.8) is 0 Å². The molecule has 0 aliphatic heterocycles. The lowest BCUT2D eigenvalue weighted by Gasteiger charge is -2.25. The van der Waals surface area contributed by atoms with E-state index >= 15 is 0 Å². The fraction of sp³-hybridized carbons (Fsp3) is 0.455. The number of nitrogens with one attached hydrogen (secondary N) is 1. The molecule has 1 aromatic rings. The van der Waals surface area contributed by atoms with Gasteiger partial charge in [-0.2, -0.15) is 0 Å². The lowest BCUT2D eigenvalue weighted by molar-refractivity contribution is -0.402. The number of nitrogens with zero attached hydrogens (tertiary/aromatic N) is 1. The van der Waals surface area contributed by atoms with E-state index in [2.05, 4.69) is 5.32 Å². The third kappa shape index (κ3) is 3.30. The lowest BCUT2D eigenvalue weighted by Crippen LogP contribution is -2.52. The Hall–Kier alpha value is -2.38. The number of carboxylic acids is 1. The fourth-order valence-electron chi connectivity index (χ4n) is 1.58. The van der Waals surface area contributed by atoms with E-state index in [0.717, 1.165) is 12.1 Å². The summed E-state index contributed by atoms with van der Waals surface area (Å²) >= 11 is 0. The number of aliphatic carboxylic acids is 1. The quantitative estimate of drug-likeness (QED) is 0.597. The largest absolute Gasteiger partial charge is 0.480 e. The second-order valence-electron chi connectivity index (χ2n) is 4.24. The van der Waals surface area contributed by atoms with Crippen molar-refractivity contribution in [2.45, 2.75) is 32.2 Å². The van der Waals surface area contributed by atoms with Crippen LogP contribution in [0.4, 0.5) is 5.88 Å². The highest BCUT2D eigenvalue weighted by Gasteiger charge is 2.35. The highest BCUT2D eigenvalue weighted by atomic mass is 16.6. The predicted molar refractivity (Wildman–Crippen MR) is 63.8 cm³/mol. The zero-order chi connectivity index (χ0) is 14.6. The SMILES string of the molecule is CCCC(C)(NC(=O)c1ccc([N+](=O)[O-])o1)C(=O)O. The molecule has 0 aliphatic rings. The number of hydrogen-bond donors (Lipinski definition) is 2. The number of hydrogen-bond acceptors (Lipinski definition) is 5. The molecule has 1 rings (SSSR count). The zero-order valence-corrected chi connectivity index (χ0v) is 10.5. The first-order valence-corrected chi connectivity index (χ1v) is 5.60. The average molecular weight is 270 g/mol. The number of rotatable bonds is 6. The minimum atomic E-state index is -1.44. The summed E-state index contributed by atoms with van der Waals surface area (Å²) in [6.07, 6.45) is 0.790. The van der Waals surface area contributed by atoms with Crippen LogP contribution in [-0.4, -0.2) is 27.4 Å². The van der Waals surface area contributed by atoms with E-state index in [1.165, 1.54) is 6.92 Å². The summed E-state index contributed by atoms with van der Waals surface area (Å²) in [6, 6.07) is 2.16. The Kier molecular flexibility index (Phi) is 4.26. The smallest absolute Gasteiger partial charge is 0.433 e. The molecule has 1 unspecified atom stereocenters. The van der Waals surface area contributed by atoms with Gasteiger partial charge in [-0.25, -0.2) is 4.79 Å². The Labute approximate surface area is 108 Å². The molecule has 0 bridgehead atoms. The number of carboxylic acid groups (broad SMARTS) is 1. The molecule has 104 valence electrons. The lowest BCUT2D eigenvalue weighted by atomic mass is 9.96. The Balaban J connectivity index is 2.87. The van der Waals surface area contributed by atoms with Crippen LogP contribution in [0.5, 0.6) is 0 Å². The molecule has 0 spiro atoms. The summed E-state index contributed by atoms with van der Waals surface area (Å²) in [5, 5.41) is 21.8. The van der Waals surface area contributed by atoms with Crippen molar-refractivity contribution in [2.24, 2.45) is 0 Å². The maximum Gasteiger partial charge on any atom is 0.433 e. The highest BCUT2D eigenvalue weighted by Crippen LogP contribution is 2.18. The summed E-state index contributed by atoms with van der Waals surface area (Å²) in [7, 11) is 0. The second kappa shape index (κ2) is 5.51. The number of nitro groups is 1. The second-order valence-corrected chi connectivity index (χ2v) is 4.24. The van der Waals surface area contributed by atoms with E-state index in [1.54, 1.807) is 6.92 Å². The van der Waals surface area contributed by atoms with Gasteiger partial charge >= 0.3 is 11.9 Å². The molecular weight excluding hydrogens is 256 g/mol. The first-order valence-electron chi connectivity index (χ1n) is 5.60. The zero-order valence-electron chi connectivity index (χ0n) is 10.5. The van der Waals surface area contributed by atoms with Crippen molar-refractivity contribution in [3.05, 3.63) is 28.0 Å². The van der Waals surface area contributed by atoms with E-state index < -0.39 is 28.2 Å². The molecule has 19 heavy (non-hydrogen) atoms. The van der Waals surface area contributed by atoms with Crippen LogP contribution < -0.4 is 5.32 Å². The van der Waals surface area contributed by atoms with Gasteiger partial charge in [0.2, 0.25) is 0 Å². The normalized spacial score (nSPS) is 13.6. The Morgan fingerprint density at radius 1 is 1.53 bits per heavy atom. The van der Waals surface area contributed by atoms with Gasteiger partial charge in [0, 0.05) is 0 Å². The maximum absolute atomic E-state index is 11.8. The Morgan fingerprint density at radius 2 is 2.16 bits per heavy atom. The van der Waals surface area contributed by atoms with E-state index in [9.17, 15) is 19.7 Å². The third-order valence-electron chi connectivity index (χ3n) is 2.61. The van der Waals surface area contributed by atoms with Gasteiger partial charge in [0.15, 0.2) is 5.76 Å². The fourth-order valence-corrected chi connectivity index (χ4v) is 1.58. The number of carbonyl (C=O) groups is 2. The van der Waals surface area contributed by atoms with Crippen LogP contribution in [0.3, 0.4) is 0 Å². The summed E-state index contributed by atoms with van der Waals surface area (Å²) in [5.41, 5.74) is -1.44. The molecule has 1 amide bonds. The van der Waals surface area contributed by atoms with E-state index in [4.69, 9.17) is 9.52 Å². The van der Waals surface area contributed by atoms with E-state index in [1.807, 2.05) is 0 Å². The van der Waals surface area contributed by atoms with Crippen molar-refractivity contribution >= 4 is 17.8 Å². The van der Waals surface area contributed by atoms with Gasteiger partial charge in [-0.1, -0.05) is 13.3 Å². The van der Waals surface area contributed by atoms with Crippen LogP contribution in [0.1, 0.15) is 37.2 Å². The minimum absolute atomic E-state index is 0.233. The molecule has 1 atom stereocenters. The number of carbonyl (C=O) groups excluding carboxylic acids is 1. The molecule has 8 heteroatoms. The van der Waals surface area contributed by atoms with Crippen LogP contribution in [-0.2, 0) is 4.79 Å². The van der Waals surface area contributed by atoms with Crippen molar-refractivity contribution in [3.8, 4) is 0 Å². The molecule has 1 aromatic heterocycles. The monoisotopic (exact) mass is 270 g/mol. The van der Waals surface area contributed by atoms with Crippen molar-refractivity contribution in [2.75, 3.05) is 0 Å². The standard InChI is InChI=1S/C11H14N2O6/c1-3-6-11(2,10(15)16)12-9(14)7-4-5-8(19-7)13(17)18/h4-5H,3,6H2,1-2H3,(H,12,14)(H,15,16). The molecule has 2 N–H and O–H groups in total. The van der Waals surface area contributed by atoms with Gasteiger partial charge in [-0.15, -0.1) is 0 Å². The maximum atomic E-state index is 11.8. The molecule has 0 saturated carbocycles. The van der Waals surface area contributed by atoms with Crippen molar-refractivity contribution in [1.82, 2.24) is 5.32 Å². The molecule has 0 fully saturated rings. The van der Waals surface area contributed by atoms with Crippen LogP contribution in [0, 0.1) is 10.1 Å². The first-order chi connectivity index (χ1) is 8.80.